The van der Waals surface area contributed by atoms with E-state index in [4.69, 9.17) is 9.31 Å². The highest BCUT2D eigenvalue weighted by Gasteiger charge is 2.53. The van der Waals surface area contributed by atoms with E-state index in [9.17, 15) is 13.2 Å². The molecule has 0 aromatic rings. The van der Waals surface area contributed by atoms with Crippen molar-refractivity contribution in [1.82, 2.24) is 0 Å². The summed E-state index contributed by atoms with van der Waals surface area (Å²) in [5, 5.41) is 0. The second-order valence-electron chi connectivity index (χ2n) is 4.50. The van der Waals surface area contributed by atoms with Crippen LogP contribution in [0.4, 0.5) is 13.2 Å². The van der Waals surface area contributed by atoms with Crippen LogP contribution in [0.3, 0.4) is 0 Å². The minimum atomic E-state index is -2.91. The maximum atomic E-state index is 12.4. The van der Waals surface area contributed by atoms with Crippen molar-refractivity contribution in [3.8, 4) is 0 Å². The van der Waals surface area contributed by atoms with E-state index in [2.05, 4.69) is 0 Å². The lowest BCUT2D eigenvalue weighted by molar-refractivity contribution is 0.00578. The highest BCUT2D eigenvalue weighted by molar-refractivity contribution is 6.54. The molecule has 0 radical (unpaired) electrons. The Morgan fingerprint density at radius 1 is 1.13 bits per heavy atom. The van der Waals surface area contributed by atoms with Gasteiger partial charge in [0.05, 0.1) is 23.0 Å². The van der Waals surface area contributed by atoms with Crippen molar-refractivity contribution in [2.45, 2.75) is 45.3 Å². The molecule has 0 aromatic heterocycles. The highest BCUT2D eigenvalue weighted by atomic mass is 19.3. The van der Waals surface area contributed by atoms with E-state index in [0.717, 1.165) is 0 Å². The topological polar surface area (TPSA) is 18.5 Å². The zero-order chi connectivity index (χ0) is 11.9. The van der Waals surface area contributed by atoms with Crippen molar-refractivity contribution in [3.63, 3.8) is 0 Å². The summed E-state index contributed by atoms with van der Waals surface area (Å²) in [6.07, 6.45) is -3.06. The van der Waals surface area contributed by atoms with Crippen LogP contribution in [0.1, 0.15) is 27.7 Å². The van der Waals surface area contributed by atoms with Gasteiger partial charge in [0.25, 0.3) is 6.43 Å². The summed E-state index contributed by atoms with van der Waals surface area (Å²) in [6, 6.07) is 0. The van der Waals surface area contributed by atoms with Crippen molar-refractivity contribution in [2.75, 3.05) is 0 Å². The number of alkyl halides is 2. The van der Waals surface area contributed by atoms with Crippen LogP contribution in [0.5, 0.6) is 0 Å². The molecule has 6 heteroatoms. The molecule has 1 aliphatic heterocycles. The van der Waals surface area contributed by atoms with E-state index in [1.165, 1.54) is 0 Å². The predicted octanol–water partition coefficient (Wildman–Crippen LogP) is 2.74. The largest absolute Gasteiger partial charge is 0.498 e. The summed E-state index contributed by atoms with van der Waals surface area (Å²) in [5.74, 6) is 0. The van der Waals surface area contributed by atoms with Gasteiger partial charge in [-0.3, -0.25) is 0 Å². The van der Waals surface area contributed by atoms with E-state index >= 15 is 0 Å². The molecular formula is C9H14BF3O2. The number of allylic oxidation sites excluding steroid dienone is 1. The third-order valence-corrected chi connectivity index (χ3v) is 2.90. The molecule has 0 N–H and O–H groups in total. The van der Waals surface area contributed by atoms with Gasteiger partial charge in [-0.1, -0.05) is 0 Å². The van der Waals surface area contributed by atoms with Gasteiger partial charge < -0.3 is 9.31 Å². The predicted molar refractivity (Wildman–Crippen MR) is 51.3 cm³/mol. The molecule has 1 fully saturated rings. The molecule has 0 bridgehead atoms. The highest BCUT2D eigenvalue weighted by Crippen LogP contribution is 2.39. The zero-order valence-electron chi connectivity index (χ0n) is 9.18. The number of halogens is 3. The van der Waals surface area contributed by atoms with Crippen LogP contribution in [0, 0.1) is 0 Å². The summed E-state index contributed by atoms with van der Waals surface area (Å²) >= 11 is 0. The van der Waals surface area contributed by atoms with Gasteiger partial charge in [0.2, 0.25) is 0 Å². The standard InChI is InChI=1S/C9H14BF3O2/c1-8(2)9(3,4)15-10(14-8)6(5-11)7(12)13/h5,7H,1-4H3. The van der Waals surface area contributed by atoms with Crippen LogP contribution in [-0.2, 0) is 9.31 Å². The Bertz CT molecular complexity index is 261. The van der Waals surface area contributed by atoms with Crippen LogP contribution in [0.15, 0.2) is 11.8 Å². The summed E-state index contributed by atoms with van der Waals surface area (Å²) in [7, 11) is -1.31. The summed E-state index contributed by atoms with van der Waals surface area (Å²) in [4.78, 5) is 0. The van der Waals surface area contributed by atoms with Crippen molar-refractivity contribution >= 4 is 7.12 Å². The van der Waals surface area contributed by atoms with Crippen LogP contribution >= 0.6 is 0 Å². The Morgan fingerprint density at radius 3 is 1.80 bits per heavy atom. The summed E-state index contributed by atoms with van der Waals surface area (Å²) < 4.78 is 47.6. The van der Waals surface area contributed by atoms with E-state index in [1.54, 1.807) is 27.7 Å². The lowest BCUT2D eigenvalue weighted by atomic mass is 9.79. The van der Waals surface area contributed by atoms with Gasteiger partial charge in [-0.2, -0.15) is 0 Å². The molecule has 0 unspecified atom stereocenters. The lowest BCUT2D eigenvalue weighted by Gasteiger charge is -2.32. The molecular weight excluding hydrogens is 208 g/mol. The van der Waals surface area contributed by atoms with E-state index in [1.807, 2.05) is 0 Å². The summed E-state index contributed by atoms with van der Waals surface area (Å²) in [6.45, 7) is 6.87. The molecule has 0 aromatic carbocycles. The first-order chi connectivity index (χ1) is 6.71. The van der Waals surface area contributed by atoms with E-state index < -0.39 is 30.2 Å². The van der Waals surface area contributed by atoms with Crippen LogP contribution in [0.25, 0.3) is 0 Å². The second kappa shape index (κ2) is 3.83. The minimum absolute atomic E-state index is 0.146. The first-order valence-electron chi connectivity index (χ1n) is 4.65. The Labute approximate surface area is 87.6 Å². The molecule has 1 saturated heterocycles. The van der Waals surface area contributed by atoms with Crippen LogP contribution < -0.4 is 0 Å². The molecule has 86 valence electrons. The maximum Gasteiger partial charge on any atom is 0.498 e. The van der Waals surface area contributed by atoms with Crippen molar-refractivity contribution in [1.29, 1.82) is 0 Å². The Balaban J connectivity index is 2.87. The lowest BCUT2D eigenvalue weighted by Crippen LogP contribution is -2.41. The van der Waals surface area contributed by atoms with Gasteiger partial charge in [-0.15, -0.1) is 0 Å². The number of rotatable bonds is 2. The molecule has 1 heterocycles. The molecule has 1 aliphatic rings. The first kappa shape index (κ1) is 12.6. The van der Waals surface area contributed by atoms with Crippen molar-refractivity contribution < 1.29 is 22.5 Å². The van der Waals surface area contributed by atoms with Gasteiger partial charge in [0.1, 0.15) is 0 Å². The van der Waals surface area contributed by atoms with Crippen molar-refractivity contribution in [2.24, 2.45) is 0 Å². The molecule has 0 atom stereocenters. The van der Waals surface area contributed by atoms with Gasteiger partial charge in [-0.05, 0) is 27.7 Å². The summed E-state index contributed by atoms with van der Waals surface area (Å²) in [5.41, 5.74) is -2.24. The van der Waals surface area contributed by atoms with Crippen LogP contribution in [-0.4, -0.2) is 24.7 Å². The smallest absolute Gasteiger partial charge is 0.399 e. The van der Waals surface area contributed by atoms with Gasteiger partial charge in [0, 0.05) is 0 Å². The quantitative estimate of drug-likeness (QED) is 0.668. The van der Waals surface area contributed by atoms with E-state index in [0.29, 0.717) is 0 Å². The van der Waals surface area contributed by atoms with Crippen molar-refractivity contribution in [3.05, 3.63) is 11.8 Å². The molecule has 1 rings (SSSR count). The third kappa shape index (κ3) is 2.20. The van der Waals surface area contributed by atoms with Gasteiger partial charge >= 0.3 is 7.12 Å². The molecule has 2 nitrogen and oxygen atoms in total. The van der Waals surface area contributed by atoms with E-state index in [-0.39, 0.29) is 6.33 Å². The fraction of sp³-hybridized carbons (Fsp3) is 0.778. The maximum absolute atomic E-state index is 12.4. The van der Waals surface area contributed by atoms with Gasteiger partial charge in [0.15, 0.2) is 0 Å². The third-order valence-electron chi connectivity index (χ3n) is 2.90. The monoisotopic (exact) mass is 222 g/mol. The average molecular weight is 222 g/mol. The second-order valence-corrected chi connectivity index (χ2v) is 4.50. The molecule has 0 amide bonds. The van der Waals surface area contributed by atoms with Crippen LogP contribution in [0.2, 0.25) is 0 Å². The average Bonchev–Trinajstić information content (AvgIpc) is 2.21. The minimum Gasteiger partial charge on any atom is -0.399 e. The fourth-order valence-electron chi connectivity index (χ4n) is 1.18. The molecule has 0 spiro atoms. The Hall–Kier alpha value is -0.485. The number of hydrogen-bond acceptors (Lipinski definition) is 2. The zero-order valence-corrected chi connectivity index (χ0v) is 9.18. The first-order valence-corrected chi connectivity index (χ1v) is 4.65. The van der Waals surface area contributed by atoms with Gasteiger partial charge in [-0.25, -0.2) is 13.2 Å². The molecule has 0 aliphatic carbocycles. The molecule has 0 saturated carbocycles. The Morgan fingerprint density at radius 2 is 1.53 bits per heavy atom. The fourth-order valence-corrected chi connectivity index (χ4v) is 1.18. The normalized spacial score (nSPS) is 25.1. The molecule has 15 heavy (non-hydrogen) atoms. The SMILES string of the molecule is CC1(C)OB(C(=CF)C(F)F)OC1(C)C. The Kier molecular flexibility index (Phi) is 3.21. The number of hydrogen-bond donors (Lipinski definition) is 0.